The zero-order valence-electron chi connectivity index (χ0n) is 13.8. The first-order valence-electron chi connectivity index (χ1n) is 8.00. The van der Waals surface area contributed by atoms with Crippen LogP contribution in [0.5, 0.6) is 0 Å². The van der Waals surface area contributed by atoms with E-state index >= 15 is 0 Å². The highest BCUT2D eigenvalue weighted by atomic mass is 32.2. The van der Waals surface area contributed by atoms with Crippen LogP contribution < -0.4 is 10.9 Å². The quantitative estimate of drug-likeness (QED) is 0.797. The number of rotatable bonds is 5. The summed E-state index contributed by atoms with van der Waals surface area (Å²) in [4.78, 5) is 9.65. The number of aromatic nitrogens is 2. The molecule has 1 aliphatic rings. The van der Waals surface area contributed by atoms with Crippen LogP contribution in [0.3, 0.4) is 0 Å². The molecule has 0 bridgehead atoms. The molecule has 3 rings (SSSR count). The standard InChI is InChI=1S/C15H14FN3S.C3H9N/c1-9(20-17)13-8-14(11-4-2-3-5-12(11)16)19-15(18-13)10-6-7-10;1-2-3-4/h2-5,8,10H,1,6-7,17H2;2-4H2,1H3. The van der Waals surface area contributed by atoms with E-state index in [0.29, 0.717) is 27.8 Å². The molecule has 0 spiro atoms. The molecule has 24 heavy (non-hydrogen) atoms. The van der Waals surface area contributed by atoms with E-state index < -0.39 is 0 Å². The van der Waals surface area contributed by atoms with E-state index in [4.69, 9.17) is 10.9 Å². The average Bonchev–Trinajstić information content (AvgIpc) is 3.46. The van der Waals surface area contributed by atoms with Crippen LogP contribution in [0, 0.1) is 5.82 Å². The Kier molecular flexibility index (Phi) is 6.90. The molecular formula is C18H23FN4S. The molecule has 0 amide bonds. The fourth-order valence-electron chi connectivity index (χ4n) is 2.00. The highest BCUT2D eigenvalue weighted by molar-refractivity contribution is 8.06. The van der Waals surface area contributed by atoms with Crippen LogP contribution in [0.4, 0.5) is 4.39 Å². The Balaban J connectivity index is 0.000000471. The molecule has 0 unspecified atom stereocenters. The summed E-state index contributed by atoms with van der Waals surface area (Å²) in [6, 6.07) is 8.35. The normalized spacial score (nSPS) is 13.2. The van der Waals surface area contributed by atoms with E-state index in [9.17, 15) is 4.39 Å². The first-order valence-corrected chi connectivity index (χ1v) is 8.88. The Morgan fingerprint density at radius 3 is 2.54 bits per heavy atom. The summed E-state index contributed by atoms with van der Waals surface area (Å²) < 4.78 is 13.9. The smallest absolute Gasteiger partial charge is 0.132 e. The van der Waals surface area contributed by atoms with Gasteiger partial charge in [-0.05, 0) is 56.0 Å². The van der Waals surface area contributed by atoms with E-state index in [1.165, 1.54) is 6.07 Å². The third-order valence-corrected chi connectivity index (χ3v) is 4.05. The van der Waals surface area contributed by atoms with Gasteiger partial charge in [-0.15, -0.1) is 0 Å². The van der Waals surface area contributed by atoms with E-state index in [-0.39, 0.29) is 5.82 Å². The van der Waals surface area contributed by atoms with E-state index in [2.05, 4.69) is 23.5 Å². The lowest BCUT2D eigenvalue weighted by Crippen LogP contribution is -2.00. The summed E-state index contributed by atoms with van der Waals surface area (Å²) >= 11 is 1.05. The highest BCUT2D eigenvalue weighted by Gasteiger charge is 2.28. The molecule has 2 aromatic rings. The van der Waals surface area contributed by atoms with E-state index in [0.717, 1.165) is 43.6 Å². The van der Waals surface area contributed by atoms with Crippen LogP contribution in [0.2, 0.25) is 0 Å². The minimum Gasteiger partial charge on any atom is -0.330 e. The summed E-state index contributed by atoms with van der Waals surface area (Å²) in [6.07, 6.45) is 3.27. The molecule has 4 N–H and O–H groups in total. The Hall–Kier alpha value is -1.76. The molecule has 1 aromatic heterocycles. The molecule has 6 heteroatoms. The second-order valence-corrected chi connectivity index (χ2v) is 6.31. The molecule has 0 radical (unpaired) electrons. The molecule has 1 fully saturated rings. The summed E-state index contributed by atoms with van der Waals surface area (Å²) in [5.74, 6) is 0.858. The predicted molar refractivity (Wildman–Crippen MR) is 99.6 cm³/mol. The molecule has 0 saturated heterocycles. The van der Waals surface area contributed by atoms with E-state index in [1.54, 1.807) is 24.3 Å². The molecule has 0 atom stereocenters. The Labute approximate surface area is 146 Å². The van der Waals surface area contributed by atoms with Gasteiger partial charge in [0.2, 0.25) is 0 Å². The van der Waals surface area contributed by atoms with Gasteiger partial charge in [-0.3, -0.25) is 5.14 Å². The zero-order valence-corrected chi connectivity index (χ0v) is 14.7. The van der Waals surface area contributed by atoms with Gasteiger partial charge in [0.1, 0.15) is 11.6 Å². The molecule has 128 valence electrons. The summed E-state index contributed by atoms with van der Waals surface area (Å²) in [7, 11) is 0. The first kappa shape index (κ1) is 18.6. The predicted octanol–water partition coefficient (Wildman–Crippen LogP) is 4.09. The van der Waals surface area contributed by atoms with Gasteiger partial charge in [0, 0.05) is 16.4 Å². The number of hydrogen-bond acceptors (Lipinski definition) is 5. The minimum atomic E-state index is -0.287. The summed E-state index contributed by atoms with van der Waals surface area (Å²) in [5.41, 5.74) is 6.77. The van der Waals surface area contributed by atoms with Crippen molar-refractivity contribution in [1.29, 1.82) is 0 Å². The second kappa shape index (κ2) is 8.92. The summed E-state index contributed by atoms with van der Waals surface area (Å²) in [6.45, 7) is 6.75. The van der Waals surface area contributed by atoms with Crippen LogP contribution in [-0.2, 0) is 0 Å². The molecule has 1 heterocycles. The Morgan fingerprint density at radius 2 is 2.00 bits per heavy atom. The van der Waals surface area contributed by atoms with Crippen molar-refractivity contribution < 1.29 is 4.39 Å². The molecule has 1 saturated carbocycles. The zero-order chi connectivity index (χ0) is 17.5. The lowest BCUT2D eigenvalue weighted by atomic mass is 10.1. The second-order valence-electron chi connectivity index (χ2n) is 5.58. The van der Waals surface area contributed by atoms with Crippen molar-refractivity contribution in [2.45, 2.75) is 32.1 Å². The highest BCUT2D eigenvalue weighted by Crippen LogP contribution is 2.39. The van der Waals surface area contributed by atoms with Crippen LogP contribution in [0.15, 0.2) is 36.9 Å². The van der Waals surface area contributed by atoms with Crippen molar-refractivity contribution in [2.75, 3.05) is 6.54 Å². The number of benzene rings is 1. The third kappa shape index (κ3) is 4.87. The number of nitrogens with two attached hydrogens (primary N) is 2. The monoisotopic (exact) mass is 346 g/mol. The Bertz CT molecular complexity index is 699. The Morgan fingerprint density at radius 1 is 1.33 bits per heavy atom. The van der Waals surface area contributed by atoms with Gasteiger partial charge in [-0.25, -0.2) is 14.4 Å². The fraction of sp³-hybridized carbons (Fsp3) is 0.333. The molecule has 1 aromatic carbocycles. The van der Waals surface area contributed by atoms with Gasteiger partial charge in [-0.2, -0.15) is 0 Å². The maximum atomic E-state index is 13.9. The van der Waals surface area contributed by atoms with Crippen molar-refractivity contribution in [3.8, 4) is 11.3 Å². The maximum Gasteiger partial charge on any atom is 0.132 e. The van der Waals surface area contributed by atoms with Crippen LogP contribution in [-0.4, -0.2) is 16.5 Å². The molecule has 1 aliphatic carbocycles. The van der Waals surface area contributed by atoms with Gasteiger partial charge in [-0.1, -0.05) is 25.6 Å². The number of nitrogens with zero attached hydrogens (tertiary/aromatic N) is 2. The molecule has 4 nitrogen and oxygen atoms in total. The van der Waals surface area contributed by atoms with Gasteiger partial charge < -0.3 is 5.73 Å². The van der Waals surface area contributed by atoms with Crippen LogP contribution >= 0.6 is 11.9 Å². The summed E-state index contributed by atoms with van der Waals surface area (Å²) in [5, 5.41) is 5.55. The van der Waals surface area contributed by atoms with Gasteiger partial charge in [0.15, 0.2) is 0 Å². The van der Waals surface area contributed by atoms with Gasteiger partial charge >= 0.3 is 0 Å². The van der Waals surface area contributed by atoms with Crippen molar-refractivity contribution >= 4 is 16.9 Å². The molecule has 0 aliphatic heterocycles. The number of hydrogen-bond donors (Lipinski definition) is 2. The minimum absolute atomic E-state index is 0.287. The SMILES string of the molecule is C=C(SN)c1cc(-c2ccccc2F)nc(C2CC2)n1.CCCN. The van der Waals surface area contributed by atoms with E-state index in [1.807, 2.05) is 0 Å². The lowest BCUT2D eigenvalue weighted by Gasteiger charge is -2.09. The van der Waals surface area contributed by atoms with Gasteiger partial charge in [0.25, 0.3) is 0 Å². The number of halogens is 1. The van der Waals surface area contributed by atoms with Crippen molar-refractivity contribution in [2.24, 2.45) is 10.9 Å². The van der Waals surface area contributed by atoms with Crippen LogP contribution in [0.1, 0.15) is 43.6 Å². The van der Waals surface area contributed by atoms with Crippen molar-refractivity contribution in [3.05, 3.63) is 54.2 Å². The van der Waals surface area contributed by atoms with Gasteiger partial charge in [0.05, 0.1) is 11.4 Å². The molecular weight excluding hydrogens is 323 g/mol. The third-order valence-electron chi connectivity index (χ3n) is 3.55. The van der Waals surface area contributed by atoms with Crippen LogP contribution in [0.25, 0.3) is 16.2 Å². The lowest BCUT2D eigenvalue weighted by molar-refractivity contribution is 0.630. The first-order chi connectivity index (χ1) is 11.6. The van der Waals surface area contributed by atoms with Crippen molar-refractivity contribution in [1.82, 2.24) is 9.97 Å². The topological polar surface area (TPSA) is 77.8 Å². The largest absolute Gasteiger partial charge is 0.330 e. The fourth-order valence-corrected chi connectivity index (χ4v) is 2.23. The average molecular weight is 346 g/mol. The maximum absolute atomic E-state index is 13.9. The van der Waals surface area contributed by atoms with Crippen molar-refractivity contribution in [3.63, 3.8) is 0 Å².